The fourth-order valence-electron chi connectivity index (χ4n) is 15.7. The summed E-state index contributed by atoms with van der Waals surface area (Å²) in [6, 6.07) is 29.3. The summed E-state index contributed by atoms with van der Waals surface area (Å²) in [5, 5.41) is 52.1. The first-order valence-corrected chi connectivity index (χ1v) is 44.7. The summed E-state index contributed by atoms with van der Waals surface area (Å²) >= 11 is 25.5. The highest BCUT2D eigenvalue weighted by molar-refractivity contribution is 6.32. The van der Waals surface area contributed by atoms with Gasteiger partial charge in [0.1, 0.15) is 72.4 Å². The molecule has 8 aromatic rings. The number of ether oxygens (including phenoxy) is 8. The van der Waals surface area contributed by atoms with Gasteiger partial charge in [-0.3, -0.25) is 9.59 Å². The summed E-state index contributed by atoms with van der Waals surface area (Å²) in [4.78, 5) is 106. The molecule has 0 spiro atoms. The van der Waals surface area contributed by atoms with E-state index in [2.05, 4.69) is 51.3 Å². The number of carbonyl (C=O) groups excluding carboxylic acids is 6. The number of nitrogens with zero attached hydrogens (tertiary/aromatic N) is 12. The molecule has 130 heavy (non-hydrogen) atoms. The highest BCUT2D eigenvalue weighted by Gasteiger charge is 2.37. The number of piperidine rings is 4. The third-order valence-electron chi connectivity index (χ3n) is 20.9. The Labute approximate surface area is 779 Å². The maximum absolute atomic E-state index is 12.3. The van der Waals surface area contributed by atoms with Crippen LogP contribution in [0, 0.1) is 0 Å². The number of halogens is 4. The lowest BCUT2D eigenvalue weighted by atomic mass is 10.0. The number of hydrogen-bond donors (Lipinski definition) is 6. The van der Waals surface area contributed by atoms with Gasteiger partial charge >= 0.3 is 36.3 Å². The molecule has 4 aromatic carbocycles. The SMILES string of the molecule is COCn1nc(C(=O)O)c(Cc2ccccc2Cl)c1N1CCC[C@@H](NC(=O)OC(C)(C)C)C1.COCn1nc(C=O)c(Cc2ccccc2Cl)c1N1CCC[C@@H](NC(=O)OC(C)(C)C)C1.COCn1nc(N2CCC[C@@H](NC(=O)OC(C)(C)C)C2)c(Cc2ccccc2Cl)c1C(=O)O.COCn1nc(N2CCC[C@@H](NC(=O)OC(C)(C)C)C2)c(Cc2ccccc2Cl)c1C=O. The van der Waals surface area contributed by atoms with E-state index in [1.807, 2.05) is 173 Å². The Bertz CT molecular complexity index is 5070. The van der Waals surface area contributed by atoms with Crippen LogP contribution in [0.25, 0.3) is 0 Å². The number of aromatic nitrogens is 8. The molecule has 0 saturated carbocycles. The highest BCUT2D eigenvalue weighted by atomic mass is 35.5. The second kappa shape index (κ2) is 47.4. The predicted molar refractivity (Wildman–Crippen MR) is 497 cm³/mol. The van der Waals surface area contributed by atoms with Crippen molar-refractivity contribution >= 4 is 119 Å². The lowest BCUT2D eigenvalue weighted by Crippen LogP contribution is -2.49. The van der Waals surface area contributed by atoms with Gasteiger partial charge in [0.2, 0.25) is 0 Å². The van der Waals surface area contributed by atoms with E-state index in [1.165, 1.54) is 18.9 Å². The van der Waals surface area contributed by atoms with Gasteiger partial charge in [0.15, 0.2) is 35.6 Å². The Morgan fingerprint density at radius 2 is 0.685 bits per heavy atom. The average molecular weight is 1880 g/mol. The van der Waals surface area contributed by atoms with Crippen LogP contribution in [0.4, 0.5) is 42.4 Å². The minimum Gasteiger partial charge on any atom is -0.477 e. The minimum atomic E-state index is -1.12. The molecule has 6 N–H and O–H groups in total. The van der Waals surface area contributed by atoms with E-state index in [0.29, 0.717) is 125 Å². The van der Waals surface area contributed by atoms with Gasteiger partial charge in [-0.25, -0.2) is 47.5 Å². The molecule has 0 radical (unpaired) electrons. The number of aromatic carboxylic acids is 2. The number of rotatable bonds is 28. The summed E-state index contributed by atoms with van der Waals surface area (Å²) in [5.41, 5.74) is 4.70. The Morgan fingerprint density at radius 1 is 0.385 bits per heavy atom. The van der Waals surface area contributed by atoms with Crippen molar-refractivity contribution in [2.24, 2.45) is 0 Å². The average Bonchev–Trinajstić information content (AvgIpc) is 1.62. The van der Waals surface area contributed by atoms with Crippen molar-refractivity contribution in [2.45, 2.75) is 234 Å². The van der Waals surface area contributed by atoms with Crippen molar-refractivity contribution < 1.29 is 86.5 Å². The molecule has 4 amide bonds. The second-order valence-electron chi connectivity index (χ2n) is 36.0. The van der Waals surface area contributed by atoms with Crippen molar-refractivity contribution in [3.63, 3.8) is 0 Å². The quantitative estimate of drug-likeness (QED) is 0.0196. The molecule has 4 atom stereocenters. The zero-order valence-electron chi connectivity index (χ0n) is 77.0. The van der Waals surface area contributed by atoms with Gasteiger partial charge < -0.3 is 89.0 Å². The number of hydrogen-bond acceptors (Lipinski definition) is 24. The van der Waals surface area contributed by atoms with Crippen LogP contribution in [0.1, 0.15) is 221 Å². The summed E-state index contributed by atoms with van der Waals surface area (Å²) in [6.07, 6.45) is 7.96. The fraction of sp³-hybridized carbons (Fsp3) is 0.522. The second-order valence-corrected chi connectivity index (χ2v) is 37.6. The van der Waals surface area contributed by atoms with E-state index in [9.17, 15) is 48.6 Å². The Morgan fingerprint density at radius 3 is 1.02 bits per heavy atom. The Hall–Kier alpha value is -10.7. The Kier molecular flexibility index (Phi) is 37.6. The maximum atomic E-state index is 12.3. The summed E-state index contributed by atoms with van der Waals surface area (Å²) in [6.45, 7) is 27.4. The molecule has 0 bridgehead atoms. The molecule has 4 aromatic heterocycles. The van der Waals surface area contributed by atoms with Gasteiger partial charge in [-0.2, -0.15) is 20.4 Å². The number of anilines is 4. The van der Waals surface area contributed by atoms with E-state index < -0.39 is 58.7 Å². The van der Waals surface area contributed by atoms with E-state index in [0.717, 1.165) is 116 Å². The van der Waals surface area contributed by atoms with Gasteiger partial charge in [0, 0.05) is 173 Å². The minimum absolute atomic E-state index is 0.00455. The zero-order valence-corrected chi connectivity index (χ0v) is 80.0. The topological polar surface area (TPSA) is 383 Å². The predicted octanol–water partition coefficient (Wildman–Crippen LogP) is 15.9. The van der Waals surface area contributed by atoms with Crippen molar-refractivity contribution in [2.75, 3.05) is 100 Å². The number of nitrogens with one attached hydrogen (secondary N) is 4. The molecular weight excluding hydrogens is 1760 g/mol. The number of aldehydes is 2. The molecule has 0 unspecified atom stereocenters. The number of alkyl carbamates (subject to hydrolysis) is 4. The molecule has 4 aliphatic heterocycles. The lowest BCUT2D eigenvalue weighted by molar-refractivity contribution is 0.0487. The van der Waals surface area contributed by atoms with Crippen molar-refractivity contribution in [3.8, 4) is 0 Å². The number of carboxylic acid groups (broad SMARTS) is 2. The van der Waals surface area contributed by atoms with Crippen molar-refractivity contribution in [3.05, 3.63) is 184 Å². The number of carbonyl (C=O) groups is 8. The highest BCUT2D eigenvalue weighted by Crippen LogP contribution is 2.37. The summed E-state index contributed by atoms with van der Waals surface area (Å²) in [5.74, 6) is 0.524. The van der Waals surface area contributed by atoms with Crippen molar-refractivity contribution in [1.82, 2.24) is 60.4 Å². The molecule has 4 aliphatic rings. The van der Waals surface area contributed by atoms with Gasteiger partial charge in [0.25, 0.3) is 0 Å². The zero-order chi connectivity index (χ0) is 95.0. The molecule has 34 nitrogen and oxygen atoms in total. The van der Waals surface area contributed by atoms with Crippen LogP contribution in [-0.2, 0) is 90.5 Å². The normalized spacial score (nSPS) is 16.6. The third-order valence-corrected chi connectivity index (χ3v) is 22.4. The van der Waals surface area contributed by atoms with E-state index >= 15 is 0 Å². The van der Waals surface area contributed by atoms with Crippen molar-refractivity contribution in [1.29, 1.82) is 0 Å². The monoisotopic (exact) mass is 1880 g/mol. The number of carboxylic acids is 2. The number of methoxy groups -OCH3 is 4. The van der Waals surface area contributed by atoms with E-state index in [4.69, 9.17) is 89.4 Å². The first kappa shape index (κ1) is 103. The van der Waals surface area contributed by atoms with Gasteiger partial charge in [-0.1, -0.05) is 119 Å². The van der Waals surface area contributed by atoms with Gasteiger partial charge in [0.05, 0.1) is 0 Å². The maximum Gasteiger partial charge on any atom is 0.407 e. The number of amides is 4. The number of benzene rings is 4. The first-order chi connectivity index (χ1) is 61.6. The van der Waals surface area contributed by atoms with Crippen LogP contribution in [-0.4, -0.2) is 226 Å². The van der Waals surface area contributed by atoms with Gasteiger partial charge in [-0.05, 0) is 181 Å². The molecule has 38 heteroatoms. The van der Waals surface area contributed by atoms with Gasteiger partial charge in [-0.15, -0.1) is 0 Å². The third kappa shape index (κ3) is 30.2. The summed E-state index contributed by atoms with van der Waals surface area (Å²) in [7, 11) is 6.17. The Balaban J connectivity index is 0.000000195. The van der Waals surface area contributed by atoms with Crippen LogP contribution in [0.5, 0.6) is 0 Å². The molecule has 8 heterocycles. The standard InChI is InChI=1S/2C23H31ClN4O5.2C23H31ClN4O4/c1-23(2,3)33-22(31)25-16-9-7-11-27(13-16)20-17(12-15-8-5-6-10-18(15)24)19(21(29)30)28(26-20)14-32-4;1-23(2,3)33-22(31)25-16-9-7-11-27(13-16)20-17(12-15-8-5-6-10-18(15)24)19(21(29)30)26-28(20)14-32-4;1-23(2,3)32-22(30)25-17-9-7-11-27(13-17)21-18(12-16-8-5-6-10-19(16)24)20(14-29)28(26-21)15-31-4;1-23(2,3)32-22(30)25-17-9-7-11-27(13-17)21-18(12-16-8-5-6-10-19(16)24)20(14-29)26-28(21)15-31-4/h2*5-6,8,10,16H,7,9,11-14H2,1-4H3,(H,25,31)(H,29,30);2*5-6,8,10,14,17H,7,9,11-13,15H2,1-4H3,(H,25,30)/t2*16-;2*17-/m1111/s1. The summed E-state index contributed by atoms with van der Waals surface area (Å²) < 4.78 is 48.8. The fourth-order valence-corrected chi connectivity index (χ4v) is 16.5. The molecule has 4 fully saturated rings. The smallest absolute Gasteiger partial charge is 0.407 e. The molecule has 4 saturated heterocycles. The first-order valence-electron chi connectivity index (χ1n) is 43.2. The van der Waals surface area contributed by atoms with E-state index in [1.54, 1.807) is 40.4 Å². The molecular formula is C92H124Cl4N16O18. The molecule has 0 aliphatic carbocycles. The van der Waals surface area contributed by atoms with Crippen LogP contribution < -0.4 is 40.9 Å². The molecule has 12 rings (SSSR count). The lowest BCUT2D eigenvalue weighted by Gasteiger charge is -2.35. The van der Waals surface area contributed by atoms with E-state index in [-0.39, 0.29) is 62.5 Å². The van der Waals surface area contributed by atoms with Crippen LogP contribution in [0.3, 0.4) is 0 Å². The largest absolute Gasteiger partial charge is 0.477 e. The van der Waals surface area contributed by atoms with Crippen LogP contribution in [0.15, 0.2) is 97.1 Å². The molecule has 708 valence electrons. The van der Waals surface area contributed by atoms with Crippen LogP contribution in [0.2, 0.25) is 20.1 Å². The van der Waals surface area contributed by atoms with Crippen LogP contribution >= 0.6 is 46.4 Å².